The van der Waals surface area contributed by atoms with Crippen molar-refractivity contribution in [3.8, 4) is 23.6 Å². The molecule has 3 N–H and O–H groups in total. The molecule has 144 valence electrons. The van der Waals surface area contributed by atoms with E-state index in [0.717, 1.165) is 4.47 Å². The molecule has 0 spiro atoms. The SMILES string of the molecule is N#C/C(=C\c1cc(Br)ccc1OCCO)c1nn(-c2ccccc2)c(N)c1C#N. The van der Waals surface area contributed by atoms with E-state index in [0.29, 0.717) is 17.0 Å². The summed E-state index contributed by atoms with van der Waals surface area (Å²) in [5, 5.41) is 32.8. The number of rotatable bonds is 6. The van der Waals surface area contributed by atoms with E-state index in [2.05, 4.69) is 27.1 Å². The number of para-hydroxylation sites is 1. The lowest BCUT2D eigenvalue weighted by Gasteiger charge is -2.09. The Morgan fingerprint density at radius 1 is 1.24 bits per heavy atom. The van der Waals surface area contributed by atoms with Crippen LogP contribution in [-0.2, 0) is 0 Å². The number of hydrogen-bond donors (Lipinski definition) is 2. The van der Waals surface area contributed by atoms with Crippen LogP contribution in [0.2, 0.25) is 0 Å². The van der Waals surface area contributed by atoms with Crippen molar-refractivity contribution >= 4 is 33.4 Å². The number of hydrogen-bond acceptors (Lipinski definition) is 6. The smallest absolute Gasteiger partial charge is 0.145 e. The number of aliphatic hydroxyl groups excluding tert-OH is 1. The maximum Gasteiger partial charge on any atom is 0.145 e. The van der Waals surface area contributed by atoms with Crippen molar-refractivity contribution in [3.05, 3.63) is 69.8 Å². The van der Waals surface area contributed by atoms with Crippen molar-refractivity contribution < 1.29 is 9.84 Å². The molecule has 0 aliphatic carbocycles. The summed E-state index contributed by atoms with van der Waals surface area (Å²) in [5.74, 6) is 0.643. The minimum Gasteiger partial charge on any atom is -0.491 e. The Kier molecular flexibility index (Phi) is 6.30. The number of ether oxygens (including phenoxy) is 1. The van der Waals surface area contributed by atoms with Crippen LogP contribution < -0.4 is 10.5 Å². The van der Waals surface area contributed by atoms with Crippen molar-refractivity contribution in [1.82, 2.24) is 9.78 Å². The van der Waals surface area contributed by atoms with Gasteiger partial charge in [-0.2, -0.15) is 15.6 Å². The number of aliphatic hydroxyl groups is 1. The van der Waals surface area contributed by atoms with Gasteiger partial charge >= 0.3 is 0 Å². The van der Waals surface area contributed by atoms with Crippen LogP contribution in [0.3, 0.4) is 0 Å². The van der Waals surface area contributed by atoms with E-state index in [1.807, 2.05) is 24.3 Å². The molecule has 3 rings (SSSR count). The van der Waals surface area contributed by atoms with E-state index < -0.39 is 0 Å². The standard InChI is InChI=1S/C21H16BrN5O2/c22-16-6-7-19(29-9-8-28)14(11-16)10-15(12-23)20-18(13-24)21(25)27(26-20)17-4-2-1-3-5-17/h1-7,10-11,28H,8-9,25H2/b15-10+. The van der Waals surface area contributed by atoms with Gasteiger partial charge in [-0.15, -0.1) is 0 Å². The maximum absolute atomic E-state index is 9.76. The first-order valence-electron chi connectivity index (χ1n) is 8.58. The molecule has 7 nitrogen and oxygen atoms in total. The van der Waals surface area contributed by atoms with Gasteiger partial charge in [0.25, 0.3) is 0 Å². The fraction of sp³-hybridized carbons (Fsp3) is 0.0952. The van der Waals surface area contributed by atoms with Crippen LogP contribution in [0.5, 0.6) is 5.75 Å². The summed E-state index contributed by atoms with van der Waals surface area (Å²) in [7, 11) is 0. The Hall–Kier alpha value is -3.59. The lowest BCUT2D eigenvalue weighted by atomic mass is 10.1. The zero-order chi connectivity index (χ0) is 20.8. The molecule has 0 saturated heterocycles. The van der Waals surface area contributed by atoms with Crippen molar-refractivity contribution in [1.29, 1.82) is 10.5 Å². The number of nitrogens with zero attached hydrogens (tertiary/aromatic N) is 4. The minimum atomic E-state index is -0.138. The highest BCUT2D eigenvalue weighted by Gasteiger charge is 2.20. The van der Waals surface area contributed by atoms with Crippen LogP contribution in [0.25, 0.3) is 17.3 Å². The Morgan fingerprint density at radius 2 is 2.00 bits per heavy atom. The van der Waals surface area contributed by atoms with Gasteiger partial charge in [0.2, 0.25) is 0 Å². The number of benzene rings is 2. The third-order valence-corrected chi connectivity index (χ3v) is 4.52. The summed E-state index contributed by atoms with van der Waals surface area (Å²) in [6.07, 6.45) is 1.58. The van der Waals surface area contributed by atoms with E-state index in [4.69, 9.17) is 15.6 Å². The monoisotopic (exact) mass is 449 g/mol. The van der Waals surface area contributed by atoms with Crippen LogP contribution in [0.1, 0.15) is 16.8 Å². The van der Waals surface area contributed by atoms with Crippen LogP contribution in [0, 0.1) is 22.7 Å². The first-order chi connectivity index (χ1) is 14.1. The summed E-state index contributed by atoms with van der Waals surface area (Å²) < 4.78 is 7.76. The van der Waals surface area contributed by atoms with E-state index in [-0.39, 0.29) is 35.9 Å². The van der Waals surface area contributed by atoms with Crippen LogP contribution in [0.15, 0.2) is 53.0 Å². The third-order valence-electron chi connectivity index (χ3n) is 4.03. The number of aromatic nitrogens is 2. The van der Waals surface area contributed by atoms with E-state index >= 15 is 0 Å². The molecule has 8 heteroatoms. The largest absolute Gasteiger partial charge is 0.491 e. The molecular weight excluding hydrogens is 434 g/mol. The Bertz CT molecular complexity index is 1140. The second-order valence-corrected chi connectivity index (χ2v) is 6.81. The molecule has 0 radical (unpaired) electrons. The highest BCUT2D eigenvalue weighted by molar-refractivity contribution is 9.10. The van der Waals surface area contributed by atoms with Gasteiger partial charge in [-0.25, -0.2) is 4.68 Å². The first-order valence-corrected chi connectivity index (χ1v) is 9.37. The Morgan fingerprint density at radius 3 is 2.66 bits per heavy atom. The predicted molar refractivity (Wildman–Crippen MR) is 113 cm³/mol. The average molecular weight is 450 g/mol. The van der Waals surface area contributed by atoms with Gasteiger partial charge in [0.05, 0.1) is 17.9 Å². The van der Waals surface area contributed by atoms with E-state index in [9.17, 15) is 10.5 Å². The Balaban J connectivity index is 2.14. The van der Waals surface area contributed by atoms with Crippen molar-refractivity contribution in [2.45, 2.75) is 0 Å². The molecule has 1 heterocycles. The highest BCUT2D eigenvalue weighted by Crippen LogP contribution is 2.30. The molecule has 0 fully saturated rings. The molecule has 0 aliphatic heterocycles. The first kappa shape index (κ1) is 20.2. The molecular formula is C21H16BrN5O2. The van der Waals surface area contributed by atoms with Crippen molar-refractivity contribution in [3.63, 3.8) is 0 Å². The number of nitrogen functional groups attached to an aromatic ring is 1. The molecule has 3 aromatic rings. The zero-order valence-electron chi connectivity index (χ0n) is 15.2. The average Bonchev–Trinajstić information content (AvgIpc) is 3.08. The van der Waals surface area contributed by atoms with Crippen molar-refractivity contribution in [2.24, 2.45) is 0 Å². The molecule has 0 aliphatic rings. The number of anilines is 1. The number of allylic oxidation sites excluding steroid dienone is 1. The second-order valence-electron chi connectivity index (χ2n) is 5.89. The molecule has 2 aromatic carbocycles. The Labute approximate surface area is 176 Å². The molecule has 0 saturated carbocycles. The minimum absolute atomic E-state index is 0.114. The van der Waals surface area contributed by atoms with Crippen LogP contribution in [-0.4, -0.2) is 28.1 Å². The van der Waals surface area contributed by atoms with Gasteiger partial charge in [0.15, 0.2) is 0 Å². The second kappa shape index (κ2) is 9.07. The van der Waals surface area contributed by atoms with Crippen molar-refractivity contribution in [2.75, 3.05) is 18.9 Å². The van der Waals surface area contributed by atoms with Gasteiger partial charge in [0, 0.05) is 10.0 Å². The van der Waals surface area contributed by atoms with Gasteiger partial charge in [0.1, 0.15) is 41.6 Å². The van der Waals surface area contributed by atoms with Gasteiger partial charge in [-0.1, -0.05) is 34.1 Å². The topological polar surface area (TPSA) is 121 Å². The number of nitrogens with two attached hydrogens (primary N) is 1. The molecule has 29 heavy (non-hydrogen) atoms. The summed E-state index contributed by atoms with van der Waals surface area (Å²) in [6.45, 7) is -0.0235. The predicted octanol–water partition coefficient (Wildman–Crippen LogP) is 3.52. The molecule has 0 unspecified atom stereocenters. The van der Waals surface area contributed by atoms with Crippen LogP contribution in [0.4, 0.5) is 5.82 Å². The van der Waals surface area contributed by atoms with E-state index in [1.165, 1.54) is 4.68 Å². The summed E-state index contributed by atoms with van der Waals surface area (Å²) in [6, 6.07) is 18.5. The molecule has 1 aromatic heterocycles. The number of halogens is 1. The zero-order valence-corrected chi connectivity index (χ0v) is 16.8. The maximum atomic E-state index is 9.76. The lowest BCUT2D eigenvalue weighted by Crippen LogP contribution is -2.03. The van der Waals surface area contributed by atoms with Gasteiger partial charge in [-0.05, 0) is 36.4 Å². The quantitative estimate of drug-likeness (QED) is 0.555. The third kappa shape index (κ3) is 4.30. The van der Waals surface area contributed by atoms with E-state index in [1.54, 1.807) is 36.4 Å². The molecule has 0 atom stereocenters. The summed E-state index contributed by atoms with van der Waals surface area (Å²) in [4.78, 5) is 0. The van der Waals surface area contributed by atoms with Gasteiger partial charge in [-0.3, -0.25) is 0 Å². The van der Waals surface area contributed by atoms with Crippen LogP contribution >= 0.6 is 15.9 Å². The fourth-order valence-corrected chi connectivity index (χ4v) is 3.10. The molecule has 0 amide bonds. The summed E-state index contributed by atoms with van der Waals surface area (Å²) in [5.41, 5.74) is 7.88. The normalized spacial score (nSPS) is 11.0. The fourth-order valence-electron chi connectivity index (χ4n) is 2.72. The number of nitriles is 2. The lowest BCUT2D eigenvalue weighted by molar-refractivity contribution is 0.201. The highest BCUT2D eigenvalue weighted by atomic mass is 79.9. The van der Waals surface area contributed by atoms with Gasteiger partial charge < -0.3 is 15.6 Å². The molecule has 0 bridgehead atoms. The summed E-state index contributed by atoms with van der Waals surface area (Å²) >= 11 is 3.40.